The zero-order valence-electron chi connectivity index (χ0n) is 11.6. The summed E-state index contributed by atoms with van der Waals surface area (Å²) in [6, 6.07) is 12.0. The minimum Gasteiger partial charge on any atom is -0.326 e. The standard InChI is InChI=1S/C17H20N2O/c20-17(14-7-2-1-3-8-14)18-15-9-6-10-16(13-15)19-11-4-5-12-19/h4-6,9-14H,1-3,7-8H2,(H,18,20). The molecule has 1 amide bonds. The summed E-state index contributed by atoms with van der Waals surface area (Å²) >= 11 is 0. The minimum absolute atomic E-state index is 0.175. The van der Waals surface area contributed by atoms with E-state index < -0.39 is 0 Å². The zero-order valence-corrected chi connectivity index (χ0v) is 11.6. The van der Waals surface area contributed by atoms with Gasteiger partial charge in [-0.3, -0.25) is 4.79 Å². The number of anilines is 1. The molecule has 1 fully saturated rings. The van der Waals surface area contributed by atoms with Crippen LogP contribution in [0.15, 0.2) is 48.8 Å². The smallest absolute Gasteiger partial charge is 0.227 e. The fourth-order valence-corrected chi connectivity index (χ4v) is 2.86. The molecule has 0 radical (unpaired) electrons. The second-order valence-corrected chi connectivity index (χ2v) is 5.46. The van der Waals surface area contributed by atoms with E-state index >= 15 is 0 Å². The second kappa shape index (κ2) is 5.95. The first-order valence-corrected chi connectivity index (χ1v) is 7.37. The average molecular weight is 268 g/mol. The van der Waals surface area contributed by atoms with Crippen LogP contribution in [0.4, 0.5) is 5.69 Å². The maximum Gasteiger partial charge on any atom is 0.227 e. The van der Waals surface area contributed by atoms with Gasteiger partial charge in [-0.05, 0) is 43.2 Å². The van der Waals surface area contributed by atoms with Crippen molar-refractivity contribution in [1.82, 2.24) is 4.57 Å². The lowest BCUT2D eigenvalue weighted by molar-refractivity contribution is -0.120. The molecule has 1 N–H and O–H groups in total. The van der Waals surface area contributed by atoms with Crippen molar-refractivity contribution in [2.75, 3.05) is 5.32 Å². The van der Waals surface area contributed by atoms with Crippen molar-refractivity contribution in [3.8, 4) is 5.69 Å². The maximum atomic E-state index is 12.2. The van der Waals surface area contributed by atoms with Crippen LogP contribution in [0.25, 0.3) is 5.69 Å². The number of nitrogens with zero attached hydrogens (tertiary/aromatic N) is 1. The van der Waals surface area contributed by atoms with Crippen LogP contribution < -0.4 is 5.32 Å². The molecule has 1 aromatic heterocycles. The predicted molar refractivity (Wildman–Crippen MR) is 81.0 cm³/mol. The average Bonchev–Trinajstić information content (AvgIpc) is 3.03. The zero-order chi connectivity index (χ0) is 13.8. The number of rotatable bonds is 3. The van der Waals surface area contributed by atoms with Crippen LogP contribution in [0.3, 0.4) is 0 Å². The number of carbonyl (C=O) groups excluding carboxylic acids is 1. The van der Waals surface area contributed by atoms with E-state index in [1.54, 1.807) is 0 Å². The van der Waals surface area contributed by atoms with Crippen molar-refractivity contribution in [1.29, 1.82) is 0 Å². The Morgan fingerprint density at radius 3 is 2.55 bits per heavy atom. The number of hydrogen-bond acceptors (Lipinski definition) is 1. The van der Waals surface area contributed by atoms with Crippen LogP contribution in [0, 0.1) is 5.92 Å². The Morgan fingerprint density at radius 2 is 1.80 bits per heavy atom. The predicted octanol–water partition coefficient (Wildman–Crippen LogP) is 4.00. The molecule has 3 nitrogen and oxygen atoms in total. The summed E-state index contributed by atoms with van der Waals surface area (Å²) in [5.41, 5.74) is 1.95. The number of hydrogen-bond donors (Lipinski definition) is 1. The quantitative estimate of drug-likeness (QED) is 0.897. The SMILES string of the molecule is O=C(Nc1cccc(-n2cccc2)c1)C1CCCCC1. The first-order chi connectivity index (χ1) is 9.83. The van der Waals surface area contributed by atoms with Crippen LogP contribution >= 0.6 is 0 Å². The number of nitrogens with one attached hydrogen (secondary N) is 1. The van der Waals surface area contributed by atoms with Gasteiger partial charge < -0.3 is 9.88 Å². The molecule has 0 unspecified atom stereocenters. The van der Waals surface area contributed by atoms with Crippen LogP contribution in [0.5, 0.6) is 0 Å². The summed E-state index contributed by atoms with van der Waals surface area (Å²) in [6.07, 6.45) is 9.70. The van der Waals surface area contributed by atoms with Crippen molar-refractivity contribution in [3.05, 3.63) is 48.8 Å². The largest absolute Gasteiger partial charge is 0.326 e. The Balaban J connectivity index is 1.71. The van der Waals surface area contributed by atoms with Gasteiger partial charge in [0, 0.05) is 29.7 Å². The van der Waals surface area contributed by atoms with Gasteiger partial charge in [-0.25, -0.2) is 0 Å². The molecule has 2 aromatic rings. The maximum absolute atomic E-state index is 12.2. The molecule has 0 bridgehead atoms. The molecular weight excluding hydrogens is 248 g/mol. The molecular formula is C17H20N2O. The van der Waals surface area contributed by atoms with E-state index in [4.69, 9.17) is 0 Å². The highest BCUT2D eigenvalue weighted by molar-refractivity contribution is 5.92. The fraction of sp³-hybridized carbons (Fsp3) is 0.353. The summed E-state index contributed by atoms with van der Waals surface area (Å²) in [4.78, 5) is 12.2. The van der Waals surface area contributed by atoms with Crippen molar-refractivity contribution < 1.29 is 4.79 Å². The van der Waals surface area contributed by atoms with E-state index in [1.165, 1.54) is 19.3 Å². The molecule has 0 aliphatic heterocycles. The van der Waals surface area contributed by atoms with Gasteiger partial charge in [-0.2, -0.15) is 0 Å². The summed E-state index contributed by atoms with van der Waals surface area (Å²) in [5, 5.41) is 3.06. The molecule has 0 saturated heterocycles. The molecule has 1 aliphatic carbocycles. The molecule has 1 heterocycles. The van der Waals surface area contributed by atoms with Gasteiger partial charge in [0.05, 0.1) is 0 Å². The summed E-state index contributed by atoms with van der Waals surface area (Å²) in [5.74, 6) is 0.369. The summed E-state index contributed by atoms with van der Waals surface area (Å²) in [6.45, 7) is 0. The van der Waals surface area contributed by atoms with Crippen molar-refractivity contribution in [3.63, 3.8) is 0 Å². The highest BCUT2D eigenvalue weighted by Gasteiger charge is 2.20. The molecule has 3 heteroatoms. The van der Waals surface area contributed by atoms with E-state index in [1.807, 2.05) is 53.4 Å². The molecule has 20 heavy (non-hydrogen) atoms. The van der Waals surface area contributed by atoms with E-state index in [0.29, 0.717) is 0 Å². The number of aromatic nitrogens is 1. The third-order valence-electron chi connectivity index (χ3n) is 3.99. The van der Waals surface area contributed by atoms with Crippen molar-refractivity contribution in [2.45, 2.75) is 32.1 Å². The minimum atomic E-state index is 0.175. The lowest BCUT2D eigenvalue weighted by atomic mass is 9.88. The van der Waals surface area contributed by atoms with Crippen LogP contribution in [0.1, 0.15) is 32.1 Å². The van der Waals surface area contributed by atoms with E-state index in [2.05, 4.69) is 5.32 Å². The van der Waals surface area contributed by atoms with E-state index in [-0.39, 0.29) is 11.8 Å². The van der Waals surface area contributed by atoms with E-state index in [0.717, 1.165) is 24.2 Å². The normalized spacial score (nSPS) is 16.0. The first-order valence-electron chi connectivity index (χ1n) is 7.37. The van der Waals surface area contributed by atoms with Gasteiger partial charge >= 0.3 is 0 Å². The Bertz CT molecular complexity index is 568. The third kappa shape index (κ3) is 2.93. The summed E-state index contributed by atoms with van der Waals surface area (Å²) in [7, 11) is 0. The van der Waals surface area contributed by atoms with Gasteiger partial charge in [0.25, 0.3) is 0 Å². The number of benzene rings is 1. The molecule has 104 valence electrons. The molecule has 1 aromatic carbocycles. The lowest BCUT2D eigenvalue weighted by Gasteiger charge is -2.20. The topological polar surface area (TPSA) is 34.0 Å². The third-order valence-corrected chi connectivity index (χ3v) is 3.99. The van der Waals surface area contributed by atoms with Gasteiger partial charge in [-0.1, -0.05) is 25.3 Å². The highest BCUT2D eigenvalue weighted by atomic mass is 16.1. The van der Waals surface area contributed by atoms with Crippen LogP contribution in [0.2, 0.25) is 0 Å². The van der Waals surface area contributed by atoms with Crippen molar-refractivity contribution >= 4 is 11.6 Å². The molecule has 1 aliphatic rings. The molecule has 1 saturated carbocycles. The fourth-order valence-electron chi connectivity index (χ4n) is 2.86. The lowest BCUT2D eigenvalue weighted by Crippen LogP contribution is -2.24. The second-order valence-electron chi connectivity index (χ2n) is 5.46. The number of amides is 1. The van der Waals surface area contributed by atoms with Crippen LogP contribution in [-0.2, 0) is 4.79 Å². The first kappa shape index (κ1) is 13.0. The van der Waals surface area contributed by atoms with Gasteiger partial charge in [0.1, 0.15) is 0 Å². The number of carbonyl (C=O) groups is 1. The van der Waals surface area contributed by atoms with Crippen molar-refractivity contribution in [2.24, 2.45) is 5.92 Å². The Morgan fingerprint density at radius 1 is 1.05 bits per heavy atom. The Labute approximate surface area is 119 Å². The molecule has 3 rings (SSSR count). The van der Waals surface area contributed by atoms with Crippen LogP contribution in [-0.4, -0.2) is 10.5 Å². The Hall–Kier alpha value is -2.03. The Kier molecular flexibility index (Phi) is 3.86. The van der Waals surface area contributed by atoms with Gasteiger partial charge in [0.15, 0.2) is 0 Å². The molecule has 0 spiro atoms. The van der Waals surface area contributed by atoms with Gasteiger partial charge in [0.2, 0.25) is 5.91 Å². The monoisotopic (exact) mass is 268 g/mol. The van der Waals surface area contributed by atoms with Gasteiger partial charge in [-0.15, -0.1) is 0 Å². The molecule has 0 atom stereocenters. The summed E-state index contributed by atoms with van der Waals surface area (Å²) < 4.78 is 2.04. The highest BCUT2D eigenvalue weighted by Crippen LogP contribution is 2.25. The van der Waals surface area contributed by atoms with E-state index in [9.17, 15) is 4.79 Å².